The summed E-state index contributed by atoms with van der Waals surface area (Å²) in [6.07, 6.45) is 4.36. The van der Waals surface area contributed by atoms with E-state index in [0.29, 0.717) is 6.54 Å². The maximum Gasteiger partial charge on any atom is 0.332 e. The van der Waals surface area contributed by atoms with Crippen LogP contribution in [0.4, 0.5) is 0 Å². The molecule has 0 spiro atoms. The highest BCUT2D eigenvalue weighted by atomic mass is 16.4. The first-order valence-corrected chi connectivity index (χ1v) is 16.7. The molecule has 0 bridgehead atoms. The van der Waals surface area contributed by atoms with Crippen LogP contribution >= 0.6 is 0 Å². The van der Waals surface area contributed by atoms with Crippen molar-refractivity contribution in [3.05, 3.63) is 125 Å². The number of carbonyl (C=O) groups excluding carboxylic acids is 1. The number of hydrogen-bond donors (Lipinski definition) is 3. The molecule has 6 aromatic rings. The van der Waals surface area contributed by atoms with Crippen molar-refractivity contribution in [3.63, 3.8) is 0 Å². The zero-order chi connectivity index (χ0) is 39.0. The Hall–Kier alpha value is -6.36. The third-order valence-electron chi connectivity index (χ3n) is 8.46. The van der Waals surface area contributed by atoms with E-state index in [1.807, 2.05) is 31.2 Å². The van der Waals surface area contributed by atoms with Gasteiger partial charge in [-0.25, -0.2) is 19.6 Å². The van der Waals surface area contributed by atoms with E-state index in [1.54, 1.807) is 7.05 Å². The number of benzene rings is 2. The molecular weight excluding hydrogens is 696 g/mol. The number of imidazole rings is 2. The molecule has 0 atom stereocenters. The minimum atomic E-state index is -1.08. The SMILES string of the molecule is C.Cc1ccc(CCN)cc1.Cc1ccc(CCNC(=O)Cn2cnc3c2c(=O)n(C)c(=O)n3C)cc1.Cn1c(=O)c2c(ncn2CC(=O)O)n(C)c1=O. The first-order chi connectivity index (χ1) is 25.1. The first-order valence-electron chi connectivity index (χ1n) is 16.7. The zero-order valence-electron chi connectivity index (χ0n) is 30.6. The van der Waals surface area contributed by atoms with Gasteiger partial charge in [-0.3, -0.25) is 37.4 Å². The molecule has 4 aromatic heterocycles. The van der Waals surface area contributed by atoms with Crippen LogP contribution in [0.1, 0.15) is 29.7 Å². The molecule has 0 aliphatic heterocycles. The molecule has 0 fully saturated rings. The Kier molecular flexibility index (Phi) is 14.3. The number of carboxylic acid groups (broad SMARTS) is 1. The fraction of sp³-hybridized carbons (Fsp3) is 0.351. The fourth-order valence-corrected chi connectivity index (χ4v) is 5.41. The van der Waals surface area contributed by atoms with Gasteiger partial charge >= 0.3 is 17.3 Å². The zero-order valence-corrected chi connectivity index (χ0v) is 30.6. The van der Waals surface area contributed by atoms with Crippen LogP contribution in [-0.4, -0.2) is 67.4 Å². The van der Waals surface area contributed by atoms with E-state index in [1.165, 1.54) is 68.8 Å². The Bertz CT molecular complexity index is 2480. The lowest BCUT2D eigenvalue weighted by Gasteiger charge is -2.08. The number of fused-ring (bicyclic) bond motifs is 2. The molecule has 0 aliphatic carbocycles. The Balaban J connectivity index is 0.000000240. The van der Waals surface area contributed by atoms with Gasteiger partial charge in [0.1, 0.15) is 13.1 Å². The lowest BCUT2D eigenvalue weighted by molar-refractivity contribution is -0.137. The number of aromatic nitrogens is 8. The molecule has 0 saturated heterocycles. The van der Waals surface area contributed by atoms with Crippen LogP contribution in [0.5, 0.6) is 0 Å². The molecule has 54 heavy (non-hydrogen) atoms. The van der Waals surface area contributed by atoms with E-state index in [9.17, 15) is 28.8 Å². The van der Waals surface area contributed by atoms with Crippen molar-refractivity contribution in [1.29, 1.82) is 0 Å². The second-order valence-electron chi connectivity index (χ2n) is 12.5. The normalized spacial score (nSPS) is 10.6. The molecule has 4 N–H and O–H groups in total. The number of rotatable bonds is 9. The highest BCUT2D eigenvalue weighted by Gasteiger charge is 2.17. The van der Waals surface area contributed by atoms with Crippen LogP contribution in [0.25, 0.3) is 22.3 Å². The van der Waals surface area contributed by atoms with Gasteiger partial charge in [0.25, 0.3) is 11.1 Å². The average Bonchev–Trinajstić information content (AvgIpc) is 3.75. The molecule has 17 nitrogen and oxygen atoms in total. The molecule has 0 saturated carbocycles. The van der Waals surface area contributed by atoms with E-state index < -0.39 is 28.5 Å². The number of nitrogens with zero attached hydrogens (tertiary/aromatic N) is 8. The lowest BCUT2D eigenvalue weighted by Crippen LogP contribution is -2.38. The van der Waals surface area contributed by atoms with E-state index in [4.69, 9.17) is 10.8 Å². The van der Waals surface area contributed by atoms with Crippen molar-refractivity contribution in [3.8, 4) is 0 Å². The Morgan fingerprint density at radius 2 is 1.07 bits per heavy atom. The standard InChI is InChI=1S/C18H21N5O3.C9H10N4O4.C9H13N.CH4/c1-12-4-6-13(7-5-12)8-9-19-14(24)10-23-11-20-16-15(23)17(25)22(3)18(26)21(16)2;1-11-7-6(8(16)12(2)9(11)17)13(4-10-7)3-5(14)15;1-8-2-4-9(5-3-8)6-7-10;/h4-7,11H,8-10H2,1-3H3,(H,19,24);4H,3H2,1-2H3,(H,14,15);2-5H,6-7,10H2,1H3;1H4. The van der Waals surface area contributed by atoms with Gasteiger partial charge in [0.15, 0.2) is 22.3 Å². The van der Waals surface area contributed by atoms with E-state index in [2.05, 4.69) is 46.5 Å². The van der Waals surface area contributed by atoms with Crippen LogP contribution in [-0.2, 0) is 63.7 Å². The smallest absolute Gasteiger partial charge is 0.332 e. The quantitative estimate of drug-likeness (QED) is 0.189. The van der Waals surface area contributed by atoms with Crippen LogP contribution in [0.3, 0.4) is 0 Å². The van der Waals surface area contributed by atoms with E-state index >= 15 is 0 Å². The highest BCUT2D eigenvalue weighted by molar-refractivity contribution is 5.79. The highest BCUT2D eigenvalue weighted by Crippen LogP contribution is 2.07. The van der Waals surface area contributed by atoms with Gasteiger partial charge in [0, 0.05) is 34.7 Å². The summed E-state index contributed by atoms with van der Waals surface area (Å²) < 4.78 is 7.10. The summed E-state index contributed by atoms with van der Waals surface area (Å²) >= 11 is 0. The summed E-state index contributed by atoms with van der Waals surface area (Å²) in [7, 11) is 5.76. The Morgan fingerprint density at radius 1 is 0.667 bits per heavy atom. The summed E-state index contributed by atoms with van der Waals surface area (Å²) in [4.78, 5) is 78.6. The van der Waals surface area contributed by atoms with Gasteiger partial charge in [-0.1, -0.05) is 67.1 Å². The van der Waals surface area contributed by atoms with Crippen molar-refractivity contribution in [2.75, 3.05) is 13.1 Å². The minimum absolute atomic E-state index is 0. The molecule has 6 rings (SSSR count). The van der Waals surface area contributed by atoms with Crippen LogP contribution in [0, 0.1) is 13.8 Å². The number of aliphatic carboxylic acids is 1. The maximum absolute atomic E-state index is 12.3. The van der Waals surface area contributed by atoms with Crippen molar-refractivity contribution in [2.24, 2.45) is 33.9 Å². The minimum Gasteiger partial charge on any atom is -0.480 e. The topological polar surface area (TPSA) is 216 Å². The van der Waals surface area contributed by atoms with Gasteiger partial charge in [-0.2, -0.15) is 0 Å². The summed E-state index contributed by atoms with van der Waals surface area (Å²) in [5.41, 5.74) is 9.21. The third-order valence-corrected chi connectivity index (χ3v) is 8.46. The molecule has 4 heterocycles. The predicted octanol–water partition coefficient (Wildman–Crippen LogP) is 0.752. The van der Waals surface area contributed by atoms with Crippen molar-refractivity contribution < 1.29 is 14.7 Å². The number of hydrogen-bond acceptors (Lipinski definition) is 9. The van der Waals surface area contributed by atoms with Gasteiger partial charge in [0.2, 0.25) is 5.91 Å². The van der Waals surface area contributed by atoms with E-state index in [-0.39, 0.29) is 48.8 Å². The number of aryl methyl sites for hydroxylation is 4. The van der Waals surface area contributed by atoms with Gasteiger partial charge in [0.05, 0.1) is 12.7 Å². The fourth-order valence-electron chi connectivity index (χ4n) is 5.41. The van der Waals surface area contributed by atoms with Crippen molar-refractivity contribution in [2.45, 2.75) is 47.2 Å². The summed E-state index contributed by atoms with van der Waals surface area (Å²) in [5.74, 6) is -1.30. The summed E-state index contributed by atoms with van der Waals surface area (Å²) in [6.45, 7) is 4.96. The third kappa shape index (κ3) is 9.74. The monoisotopic (exact) mass is 744 g/mol. The molecule has 0 unspecified atom stereocenters. The number of nitrogens with one attached hydrogen (secondary N) is 1. The molecule has 0 aliphatic rings. The van der Waals surface area contributed by atoms with Crippen molar-refractivity contribution in [1.82, 2.24) is 42.7 Å². The Morgan fingerprint density at radius 3 is 1.48 bits per heavy atom. The first kappa shape index (κ1) is 42.1. The Labute approximate surface area is 310 Å². The average molecular weight is 745 g/mol. The van der Waals surface area contributed by atoms with Crippen LogP contribution < -0.4 is 33.5 Å². The molecule has 0 radical (unpaired) electrons. The number of carboxylic acids is 1. The predicted molar refractivity (Wildman–Crippen MR) is 207 cm³/mol. The van der Waals surface area contributed by atoms with Gasteiger partial charge in [-0.15, -0.1) is 0 Å². The van der Waals surface area contributed by atoms with Crippen LogP contribution in [0.2, 0.25) is 0 Å². The number of nitrogens with two attached hydrogens (primary N) is 1. The molecule has 2 aromatic carbocycles. The molecule has 1 amide bonds. The molecule has 17 heteroatoms. The van der Waals surface area contributed by atoms with Gasteiger partial charge < -0.3 is 25.3 Å². The maximum atomic E-state index is 12.3. The van der Waals surface area contributed by atoms with Crippen LogP contribution in [0.15, 0.2) is 80.4 Å². The van der Waals surface area contributed by atoms with E-state index in [0.717, 1.165) is 34.1 Å². The summed E-state index contributed by atoms with van der Waals surface area (Å²) in [5, 5.41) is 11.5. The number of amides is 1. The second-order valence-corrected chi connectivity index (χ2v) is 12.5. The lowest BCUT2D eigenvalue weighted by atomic mass is 10.1. The number of carbonyl (C=O) groups is 2. The largest absolute Gasteiger partial charge is 0.480 e. The summed E-state index contributed by atoms with van der Waals surface area (Å²) in [6, 6.07) is 16.6. The molecule has 288 valence electrons. The van der Waals surface area contributed by atoms with Gasteiger partial charge in [-0.05, 0) is 44.4 Å². The second kappa shape index (κ2) is 18.4. The van der Waals surface area contributed by atoms with Crippen molar-refractivity contribution >= 4 is 34.2 Å². The molecular formula is C37H48N10O7.